The molecule has 0 radical (unpaired) electrons. The maximum atomic E-state index is 5.89. The van der Waals surface area contributed by atoms with Gasteiger partial charge in [-0.2, -0.15) is 0 Å². The summed E-state index contributed by atoms with van der Waals surface area (Å²) < 4.78 is 10.5. The standard InChI is InChI=1S/C18H23ClN4O2/c1-24-15-5-3-13(11-16(15)25-2)7-9-21-18(20)22-10-8-14-4-6-17(19)23-12-14/h3-6,11-12H,7-10H2,1-2H3,(H3,20,21,22). The van der Waals surface area contributed by atoms with Gasteiger partial charge < -0.3 is 20.5 Å². The van der Waals surface area contributed by atoms with E-state index in [4.69, 9.17) is 26.8 Å². The molecule has 0 saturated carbocycles. The zero-order valence-corrected chi connectivity index (χ0v) is 15.2. The Kier molecular flexibility index (Phi) is 7.35. The van der Waals surface area contributed by atoms with Crippen molar-refractivity contribution in [2.24, 2.45) is 10.7 Å². The molecule has 0 saturated heterocycles. The van der Waals surface area contributed by atoms with E-state index in [2.05, 4.69) is 15.3 Å². The first-order chi connectivity index (χ1) is 12.1. The number of halogens is 1. The Morgan fingerprint density at radius 2 is 1.88 bits per heavy atom. The fourth-order valence-corrected chi connectivity index (χ4v) is 2.40. The van der Waals surface area contributed by atoms with E-state index in [9.17, 15) is 0 Å². The molecule has 0 amide bonds. The van der Waals surface area contributed by atoms with Crippen LogP contribution in [-0.2, 0) is 12.8 Å². The summed E-state index contributed by atoms with van der Waals surface area (Å²) in [6.07, 6.45) is 3.33. The highest BCUT2D eigenvalue weighted by atomic mass is 35.5. The van der Waals surface area contributed by atoms with Gasteiger partial charge in [0, 0.05) is 19.3 Å². The minimum Gasteiger partial charge on any atom is -0.493 e. The maximum absolute atomic E-state index is 5.89. The summed E-state index contributed by atoms with van der Waals surface area (Å²) in [6.45, 7) is 1.28. The summed E-state index contributed by atoms with van der Waals surface area (Å²) in [5, 5.41) is 3.59. The van der Waals surface area contributed by atoms with Crippen LogP contribution in [0.15, 0.2) is 41.5 Å². The summed E-state index contributed by atoms with van der Waals surface area (Å²) in [5.74, 6) is 1.86. The molecule has 0 bridgehead atoms. The van der Waals surface area contributed by atoms with Crippen molar-refractivity contribution in [3.8, 4) is 11.5 Å². The molecule has 1 heterocycles. The number of nitrogens with zero attached hydrogens (tertiary/aromatic N) is 2. The second kappa shape index (κ2) is 9.74. The molecule has 6 nitrogen and oxygen atoms in total. The van der Waals surface area contributed by atoms with Crippen LogP contribution in [0.25, 0.3) is 0 Å². The number of hydrogen-bond acceptors (Lipinski definition) is 4. The molecule has 0 aliphatic carbocycles. The number of ether oxygens (including phenoxy) is 2. The Labute approximate surface area is 153 Å². The summed E-state index contributed by atoms with van der Waals surface area (Å²) in [5.41, 5.74) is 8.09. The van der Waals surface area contributed by atoms with Crippen LogP contribution in [0.4, 0.5) is 0 Å². The third kappa shape index (κ3) is 6.15. The highest BCUT2D eigenvalue weighted by molar-refractivity contribution is 6.29. The number of aromatic nitrogens is 1. The largest absolute Gasteiger partial charge is 0.493 e. The fraction of sp³-hybridized carbons (Fsp3) is 0.333. The van der Waals surface area contributed by atoms with E-state index >= 15 is 0 Å². The molecule has 0 unspecified atom stereocenters. The number of benzene rings is 1. The highest BCUT2D eigenvalue weighted by Gasteiger charge is 2.04. The molecule has 2 rings (SSSR count). The Morgan fingerprint density at radius 1 is 1.12 bits per heavy atom. The van der Waals surface area contributed by atoms with Crippen LogP contribution in [0.5, 0.6) is 11.5 Å². The lowest BCUT2D eigenvalue weighted by Gasteiger charge is -2.09. The third-order valence-electron chi connectivity index (χ3n) is 3.64. The average Bonchev–Trinajstić information content (AvgIpc) is 2.63. The first-order valence-electron chi connectivity index (χ1n) is 7.97. The van der Waals surface area contributed by atoms with Gasteiger partial charge in [0.15, 0.2) is 17.5 Å². The monoisotopic (exact) mass is 362 g/mol. The Morgan fingerprint density at radius 3 is 2.56 bits per heavy atom. The molecule has 2 aromatic rings. The van der Waals surface area contributed by atoms with Gasteiger partial charge in [-0.1, -0.05) is 23.7 Å². The minimum absolute atomic E-state index is 0.433. The number of guanidine groups is 1. The van der Waals surface area contributed by atoms with Crippen LogP contribution in [0, 0.1) is 0 Å². The topological polar surface area (TPSA) is 81.8 Å². The number of pyridine rings is 1. The van der Waals surface area contributed by atoms with E-state index in [0.717, 1.165) is 24.0 Å². The predicted molar refractivity (Wildman–Crippen MR) is 101 cm³/mol. The lowest BCUT2D eigenvalue weighted by molar-refractivity contribution is 0.354. The van der Waals surface area contributed by atoms with Crippen molar-refractivity contribution in [2.75, 3.05) is 27.3 Å². The van der Waals surface area contributed by atoms with Crippen LogP contribution >= 0.6 is 11.6 Å². The summed E-state index contributed by atoms with van der Waals surface area (Å²) >= 11 is 5.76. The van der Waals surface area contributed by atoms with Crippen LogP contribution in [0.2, 0.25) is 5.15 Å². The van der Waals surface area contributed by atoms with Gasteiger partial charge in [0.05, 0.1) is 14.2 Å². The lowest BCUT2D eigenvalue weighted by Crippen LogP contribution is -2.33. The van der Waals surface area contributed by atoms with Crippen molar-refractivity contribution in [3.63, 3.8) is 0 Å². The van der Waals surface area contributed by atoms with Crippen LogP contribution < -0.4 is 20.5 Å². The van der Waals surface area contributed by atoms with Crippen molar-refractivity contribution in [1.82, 2.24) is 10.3 Å². The number of nitrogens with one attached hydrogen (secondary N) is 1. The van der Waals surface area contributed by atoms with E-state index in [1.54, 1.807) is 26.5 Å². The van der Waals surface area contributed by atoms with Crippen LogP contribution in [-0.4, -0.2) is 38.3 Å². The first-order valence-corrected chi connectivity index (χ1v) is 8.35. The van der Waals surface area contributed by atoms with Crippen molar-refractivity contribution < 1.29 is 9.47 Å². The maximum Gasteiger partial charge on any atom is 0.188 e. The van der Waals surface area contributed by atoms with E-state index in [1.807, 2.05) is 24.3 Å². The zero-order valence-electron chi connectivity index (χ0n) is 14.5. The Balaban J connectivity index is 1.76. The number of aliphatic imine (C=N–C) groups is 1. The molecule has 0 aliphatic rings. The summed E-state index contributed by atoms with van der Waals surface area (Å²) in [4.78, 5) is 8.38. The molecular formula is C18H23ClN4O2. The van der Waals surface area contributed by atoms with Crippen LogP contribution in [0.3, 0.4) is 0 Å². The predicted octanol–water partition coefficient (Wildman–Crippen LogP) is 2.44. The molecule has 0 fully saturated rings. The average molecular weight is 363 g/mol. The SMILES string of the molecule is COc1ccc(CCN=C(N)NCCc2ccc(Cl)nc2)cc1OC. The molecule has 0 atom stereocenters. The van der Waals surface area contributed by atoms with E-state index in [-0.39, 0.29) is 0 Å². The fourth-order valence-electron chi connectivity index (χ4n) is 2.29. The number of methoxy groups -OCH3 is 2. The normalized spacial score (nSPS) is 11.2. The smallest absolute Gasteiger partial charge is 0.188 e. The van der Waals surface area contributed by atoms with Crippen molar-refractivity contribution in [1.29, 1.82) is 0 Å². The second-order valence-electron chi connectivity index (χ2n) is 5.37. The summed E-state index contributed by atoms with van der Waals surface area (Å²) in [7, 11) is 3.24. The number of nitrogens with two attached hydrogens (primary N) is 1. The van der Waals surface area contributed by atoms with Gasteiger partial charge >= 0.3 is 0 Å². The van der Waals surface area contributed by atoms with E-state index in [1.165, 1.54) is 0 Å². The van der Waals surface area contributed by atoms with Gasteiger partial charge in [0.25, 0.3) is 0 Å². The van der Waals surface area contributed by atoms with Gasteiger partial charge in [0.2, 0.25) is 0 Å². The van der Waals surface area contributed by atoms with Crippen LogP contribution in [0.1, 0.15) is 11.1 Å². The molecule has 1 aromatic carbocycles. The third-order valence-corrected chi connectivity index (χ3v) is 3.86. The Hall–Kier alpha value is -2.47. The van der Waals surface area contributed by atoms with Crippen molar-refractivity contribution >= 4 is 17.6 Å². The Bertz CT molecular complexity index is 705. The van der Waals surface area contributed by atoms with Gasteiger partial charge in [-0.05, 0) is 42.2 Å². The molecular weight excluding hydrogens is 340 g/mol. The number of hydrogen-bond donors (Lipinski definition) is 2. The second-order valence-corrected chi connectivity index (χ2v) is 5.76. The highest BCUT2D eigenvalue weighted by Crippen LogP contribution is 2.27. The molecule has 25 heavy (non-hydrogen) atoms. The van der Waals surface area contributed by atoms with Gasteiger partial charge in [-0.25, -0.2) is 4.98 Å². The first kappa shape index (κ1) is 18.9. The molecule has 0 spiro atoms. The van der Waals surface area contributed by atoms with Gasteiger partial charge in [0.1, 0.15) is 5.15 Å². The number of rotatable bonds is 8. The lowest BCUT2D eigenvalue weighted by atomic mass is 10.1. The molecule has 7 heteroatoms. The van der Waals surface area contributed by atoms with Crippen molar-refractivity contribution in [3.05, 3.63) is 52.8 Å². The van der Waals surface area contributed by atoms with E-state index in [0.29, 0.717) is 35.7 Å². The zero-order chi connectivity index (χ0) is 18.1. The molecule has 134 valence electrons. The molecule has 0 aliphatic heterocycles. The quantitative estimate of drug-likeness (QED) is 0.428. The summed E-state index contributed by atoms with van der Waals surface area (Å²) in [6, 6.07) is 9.55. The van der Waals surface area contributed by atoms with Gasteiger partial charge in [-0.15, -0.1) is 0 Å². The minimum atomic E-state index is 0.433. The molecule has 1 aromatic heterocycles. The van der Waals surface area contributed by atoms with E-state index < -0.39 is 0 Å². The van der Waals surface area contributed by atoms with Gasteiger partial charge in [-0.3, -0.25) is 4.99 Å². The molecule has 3 N–H and O–H groups in total. The van der Waals surface area contributed by atoms with Crippen molar-refractivity contribution in [2.45, 2.75) is 12.8 Å².